The minimum absolute atomic E-state index is 0. The normalized spacial score (nSPS) is 7.73. The largest absolute Gasteiger partial charge is 0.397 e. The molecule has 5 heteroatoms. The first kappa shape index (κ1) is 13.1. The van der Waals surface area contributed by atoms with Gasteiger partial charge in [0.2, 0.25) is 0 Å². The molecule has 0 fully saturated rings. The molecule has 1 aromatic heterocycles. The lowest BCUT2D eigenvalue weighted by molar-refractivity contribution is 1.05. The monoisotopic (exact) mass is 195 g/mol. The third kappa shape index (κ3) is 4.03. The second-order valence-corrected chi connectivity index (χ2v) is 1.83. The number of rotatable bonds is 1. The Bertz CT molecular complexity index is 205. The summed E-state index contributed by atoms with van der Waals surface area (Å²) in [5.74, 6) is 0. The van der Waals surface area contributed by atoms with Gasteiger partial charge >= 0.3 is 0 Å². The van der Waals surface area contributed by atoms with E-state index >= 15 is 0 Å². The number of hydrogen-bond donors (Lipinski definition) is 2. The number of halogens is 2. The number of hydrogen-bond acceptors (Lipinski definition) is 3. The number of nitrogens with zero attached hydrogens (tertiary/aromatic N) is 1. The van der Waals surface area contributed by atoms with E-state index in [2.05, 4.69) is 4.98 Å². The lowest BCUT2D eigenvalue weighted by Gasteiger charge is -1.94. The van der Waals surface area contributed by atoms with Gasteiger partial charge in [-0.05, 0) is 11.6 Å². The number of aromatic nitrogens is 1. The van der Waals surface area contributed by atoms with Gasteiger partial charge in [0.05, 0.1) is 5.69 Å². The highest BCUT2D eigenvalue weighted by Gasteiger charge is 1.87. The second-order valence-electron chi connectivity index (χ2n) is 1.83. The molecule has 0 aliphatic rings. The molecule has 0 saturated carbocycles. The van der Waals surface area contributed by atoms with Crippen LogP contribution in [0.1, 0.15) is 5.56 Å². The van der Waals surface area contributed by atoms with Gasteiger partial charge in [-0.3, -0.25) is 4.98 Å². The van der Waals surface area contributed by atoms with Crippen LogP contribution in [-0.4, -0.2) is 4.98 Å². The first-order valence-corrected chi connectivity index (χ1v) is 2.72. The number of nitrogen functional groups attached to an aromatic ring is 1. The topological polar surface area (TPSA) is 64.9 Å². The molecule has 0 amide bonds. The Hall–Kier alpha value is -0.510. The predicted molar refractivity (Wildman–Crippen MR) is 51.0 cm³/mol. The van der Waals surface area contributed by atoms with Crippen molar-refractivity contribution in [3.63, 3.8) is 0 Å². The standard InChI is InChI=1S/C6H9N3.2ClH/c7-2-5-1-6(8)4-9-3-5;;/h1,3-4H,2,7-8H2;2*1H. The molecule has 0 spiro atoms. The second kappa shape index (κ2) is 6.22. The smallest absolute Gasteiger partial charge is 0.0503 e. The molecule has 0 aromatic carbocycles. The van der Waals surface area contributed by atoms with Crippen molar-refractivity contribution in [1.82, 2.24) is 4.98 Å². The predicted octanol–water partition coefficient (Wildman–Crippen LogP) is 0.966. The van der Waals surface area contributed by atoms with E-state index in [0.717, 1.165) is 5.56 Å². The summed E-state index contributed by atoms with van der Waals surface area (Å²) in [5, 5.41) is 0. The van der Waals surface area contributed by atoms with Gasteiger partial charge < -0.3 is 11.5 Å². The molecule has 1 aromatic rings. The van der Waals surface area contributed by atoms with E-state index in [0.29, 0.717) is 12.2 Å². The maximum absolute atomic E-state index is 5.42. The van der Waals surface area contributed by atoms with E-state index in [1.165, 1.54) is 0 Å². The third-order valence-corrected chi connectivity index (χ3v) is 1.05. The van der Waals surface area contributed by atoms with Crippen LogP contribution in [-0.2, 0) is 6.54 Å². The van der Waals surface area contributed by atoms with Gasteiger partial charge in [-0.1, -0.05) is 0 Å². The van der Waals surface area contributed by atoms with E-state index in [1.54, 1.807) is 12.4 Å². The summed E-state index contributed by atoms with van der Waals surface area (Å²) < 4.78 is 0. The molecule has 0 saturated heterocycles. The van der Waals surface area contributed by atoms with Crippen molar-refractivity contribution >= 4 is 30.5 Å². The van der Waals surface area contributed by atoms with Crippen LogP contribution >= 0.6 is 24.8 Å². The Labute approximate surface area is 78.0 Å². The fraction of sp³-hybridized carbons (Fsp3) is 0.167. The van der Waals surface area contributed by atoms with Crippen LogP contribution in [0.3, 0.4) is 0 Å². The van der Waals surface area contributed by atoms with Crippen molar-refractivity contribution in [1.29, 1.82) is 0 Å². The van der Waals surface area contributed by atoms with Gasteiger partial charge in [0.1, 0.15) is 0 Å². The molecule has 0 unspecified atom stereocenters. The van der Waals surface area contributed by atoms with Crippen LogP contribution in [0.2, 0.25) is 0 Å². The van der Waals surface area contributed by atoms with Gasteiger partial charge in [0.15, 0.2) is 0 Å². The molecule has 0 bridgehead atoms. The SMILES string of the molecule is Cl.Cl.NCc1cncc(N)c1. The average molecular weight is 196 g/mol. The van der Waals surface area contributed by atoms with E-state index in [9.17, 15) is 0 Å². The van der Waals surface area contributed by atoms with Crippen molar-refractivity contribution in [3.8, 4) is 0 Å². The summed E-state index contributed by atoms with van der Waals surface area (Å²) in [7, 11) is 0. The first-order valence-electron chi connectivity index (χ1n) is 2.72. The summed E-state index contributed by atoms with van der Waals surface area (Å²) in [4.78, 5) is 3.85. The average Bonchev–Trinajstić information content (AvgIpc) is 1.88. The van der Waals surface area contributed by atoms with Gasteiger partial charge in [0.25, 0.3) is 0 Å². The summed E-state index contributed by atoms with van der Waals surface area (Å²) in [6, 6.07) is 1.81. The highest BCUT2D eigenvalue weighted by molar-refractivity contribution is 5.85. The summed E-state index contributed by atoms with van der Waals surface area (Å²) in [6.07, 6.45) is 3.30. The number of pyridine rings is 1. The fourth-order valence-corrected chi connectivity index (χ4v) is 0.619. The van der Waals surface area contributed by atoms with Crippen molar-refractivity contribution in [2.24, 2.45) is 5.73 Å². The van der Waals surface area contributed by atoms with Gasteiger partial charge in [0, 0.05) is 18.9 Å². The lowest BCUT2D eigenvalue weighted by Crippen LogP contribution is -1.97. The lowest BCUT2D eigenvalue weighted by atomic mass is 10.3. The van der Waals surface area contributed by atoms with Crippen molar-refractivity contribution in [2.75, 3.05) is 5.73 Å². The minimum atomic E-state index is 0. The molecule has 0 atom stereocenters. The summed E-state index contributed by atoms with van der Waals surface area (Å²) in [5.41, 5.74) is 12.4. The Kier molecular flexibility index (Phi) is 7.41. The number of anilines is 1. The highest BCUT2D eigenvalue weighted by Crippen LogP contribution is 2.01. The maximum Gasteiger partial charge on any atom is 0.0503 e. The molecule has 4 N–H and O–H groups in total. The van der Waals surface area contributed by atoms with Crippen LogP contribution in [0.15, 0.2) is 18.5 Å². The minimum Gasteiger partial charge on any atom is -0.397 e. The van der Waals surface area contributed by atoms with Gasteiger partial charge in [-0.25, -0.2) is 0 Å². The quantitative estimate of drug-likeness (QED) is 0.703. The molecule has 64 valence electrons. The van der Waals surface area contributed by atoms with E-state index in [-0.39, 0.29) is 24.8 Å². The van der Waals surface area contributed by atoms with Gasteiger partial charge in [-0.15, -0.1) is 24.8 Å². The van der Waals surface area contributed by atoms with E-state index in [4.69, 9.17) is 11.5 Å². The van der Waals surface area contributed by atoms with Crippen LogP contribution in [0.5, 0.6) is 0 Å². The Morgan fingerprint density at radius 2 is 1.91 bits per heavy atom. The zero-order valence-corrected chi connectivity index (χ0v) is 7.49. The molecule has 0 radical (unpaired) electrons. The molecule has 0 aliphatic carbocycles. The van der Waals surface area contributed by atoms with Crippen LogP contribution in [0, 0.1) is 0 Å². The molecule has 0 aliphatic heterocycles. The zero-order valence-electron chi connectivity index (χ0n) is 5.86. The van der Waals surface area contributed by atoms with Crippen LogP contribution < -0.4 is 11.5 Å². The summed E-state index contributed by atoms with van der Waals surface area (Å²) >= 11 is 0. The van der Waals surface area contributed by atoms with Crippen LogP contribution in [0.25, 0.3) is 0 Å². The zero-order chi connectivity index (χ0) is 6.69. The van der Waals surface area contributed by atoms with E-state index < -0.39 is 0 Å². The van der Waals surface area contributed by atoms with Crippen molar-refractivity contribution in [2.45, 2.75) is 6.54 Å². The molecular weight excluding hydrogens is 185 g/mol. The van der Waals surface area contributed by atoms with Crippen molar-refractivity contribution in [3.05, 3.63) is 24.0 Å². The molecule has 1 heterocycles. The third-order valence-electron chi connectivity index (χ3n) is 1.05. The molecule has 1 rings (SSSR count). The Morgan fingerprint density at radius 1 is 1.27 bits per heavy atom. The Morgan fingerprint density at radius 3 is 2.27 bits per heavy atom. The van der Waals surface area contributed by atoms with Crippen molar-refractivity contribution < 1.29 is 0 Å². The molecule has 11 heavy (non-hydrogen) atoms. The van der Waals surface area contributed by atoms with Crippen LogP contribution in [0.4, 0.5) is 5.69 Å². The highest BCUT2D eigenvalue weighted by atomic mass is 35.5. The maximum atomic E-state index is 5.42. The van der Waals surface area contributed by atoms with E-state index in [1.807, 2.05) is 6.07 Å². The molecular formula is C6H11Cl2N3. The Balaban J connectivity index is 0. The number of nitrogens with two attached hydrogens (primary N) is 2. The first-order chi connectivity index (χ1) is 4.33. The van der Waals surface area contributed by atoms with Gasteiger partial charge in [-0.2, -0.15) is 0 Å². The fourth-order valence-electron chi connectivity index (χ4n) is 0.619. The summed E-state index contributed by atoms with van der Waals surface area (Å²) in [6.45, 7) is 0.498. The molecule has 3 nitrogen and oxygen atoms in total.